The summed E-state index contributed by atoms with van der Waals surface area (Å²) in [6, 6.07) is 4.18. The standard InChI is InChI=1S/2C15H16.C3H8.C2H6.4CH4/c2*1-6-8-14-10-15(9-7-2)13(5)11(3)12(14)4;1-3-2;1-2;;;;/h2*10H,1-5H3;3H2,1-2H3;1-2H3;4*1H4. The van der Waals surface area contributed by atoms with E-state index in [9.17, 15) is 0 Å². The molecule has 0 N–H and O–H groups in total. The maximum atomic E-state index is 3.12. The van der Waals surface area contributed by atoms with E-state index in [0.29, 0.717) is 0 Å². The van der Waals surface area contributed by atoms with Crippen molar-refractivity contribution in [3.05, 3.63) is 67.8 Å². The highest BCUT2D eigenvalue weighted by atomic mass is 14.1. The lowest BCUT2D eigenvalue weighted by molar-refractivity contribution is 1.09. The third-order valence-corrected chi connectivity index (χ3v) is 5.48. The van der Waals surface area contributed by atoms with E-state index >= 15 is 0 Å². The van der Waals surface area contributed by atoms with Gasteiger partial charge in [-0.05, 0) is 115 Å². The van der Waals surface area contributed by atoms with Crippen LogP contribution >= 0.6 is 0 Å². The van der Waals surface area contributed by atoms with Gasteiger partial charge in [-0.15, -0.1) is 23.7 Å². The molecular formula is C39H62. The molecule has 0 aromatic heterocycles. The molecule has 0 aliphatic heterocycles. The normalized spacial score (nSPS) is 7.23. The van der Waals surface area contributed by atoms with Crippen LogP contribution < -0.4 is 0 Å². The van der Waals surface area contributed by atoms with E-state index in [2.05, 4.69) is 115 Å². The molecule has 0 unspecified atom stereocenters. The van der Waals surface area contributed by atoms with E-state index in [1.165, 1.54) is 39.8 Å². The third kappa shape index (κ3) is 15.6. The molecule has 0 fully saturated rings. The fourth-order valence-corrected chi connectivity index (χ4v) is 3.15. The van der Waals surface area contributed by atoms with Crippen molar-refractivity contribution in [2.75, 3.05) is 0 Å². The van der Waals surface area contributed by atoms with Crippen LogP contribution in [0.5, 0.6) is 0 Å². The predicted molar refractivity (Wildman–Crippen MR) is 186 cm³/mol. The van der Waals surface area contributed by atoms with E-state index < -0.39 is 0 Å². The minimum Gasteiger partial charge on any atom is -0.101 e. The van der Waals surface area contributed by atoms with E-state index in [1.807, 2.05) is 41.5 Å². The molecule has 0 atom stereocenters. The van der Waals surface area contributed by atoms with Crippen LogP contribution in [0.3, 0.4) is 0 Å². The van der Waals surface area contributed by atoms with Gasteiger partial charge in [-0.1, -0.05) is 87.5 Å². The Hall–Kier alpha value is -3.32. The van der Waals surface area contributed by atoms with Crippen LogP contribution in [0, 0.1) is 88.9 Å². The van der Waals surface area contributed by atoms with Crippen LogP contribution in [0.2, 0.25) is 0 Å². The molecule has 0 bridgehead atoms. The highest BCUT2D eigenvalue weighted by molar-refractivity contribution is 5.56. The molecule has 0 heterocycles. The highest BCUT2D eigenvalue weighted by Gasteiger charge is 2.07. The van der Waals surface area contributed by atoms with Gasteiger partial charge in [0, 0.05) is 22.3 Å². The predicted octanol–water partition coefficient (Wildman–Crippen LogP) is 11.7. The van der Waals surface area contributed by atoms with Gasteiger partial charge < -0.3 is 0 Å². The van der Waals surface area contributed by atoms with Crippen LogP contribution in [-0.2, 0) is 0 Å². The average molecular weight is 531 g/mol. The molecule has 0 spiro atoms. The zero-order valence-corrected chi connectivity index (χ0v) is 24.9. The lowest BCUT2D eigenvalue weighted by Gasteiger charge is -2.09. The smallest absolute Gasteiger partial charge is 0.0289 e. The summed E-state index contributed by atoms with van der Waals surface area (Å²) in [7, 11) is 0. The Balaban J connectivity index is -0.000000110. The first-order valence-electron chi connectivity index (χ1n) is 12.6. The molecule has 0 heteroatoms. The topological polar surface area (TPSA) is 0 Å². The molecule has 0 amide bonds. The minimum atomic E-state index is 0. The van der Waals surface area contributed by atoms with Crippen molar-refractivity contribution in [3.63, 3.8) is 0 Å². The summed E-state index contributed by atoms with van der Waals surface area (Å²) in [5, 5.41) is 0. The molecule has 0 radical (unpaired) electrons. The first-order chi connectivity index (χ1) is 16.6. The van der Waals surface area contributed by atoms with Crippen LogP contribution in [-0.4, -0.2) is 0 Å². The van der Waals surface area contributed by atoms with Crippen LogP contribution in [0.25, 0.3) is 0 Å². The Bertz CT molecular complexity index is 1020. The van der Waals surface area contributed by atoms with Crippen LogP contribution in [0.1, 0.15) is 147 Å². The summed E-state index contributed by atoms with van der Waals surface area (Å²) in [6.07, 6.45) is 1.25. The van der Waals surface area contributed by atoms with Crippen molar-refractivity contribution >= 4 is 0 Å². The zero-order chi connectivity index (χ0) is 27.6. The van der Waals surface area contributed by atoms with Crippen molar-refractivity contribution in [1.29, 1.82) is 0 Å². The lowest BCUT2D eigenvalue weighted by Crippen LogP contribution is -1.95. The van der Waals surface area contributed by atoms with Crippen molar-refractivity contribution in [2.45, 2.75) is 133 Å². The second-order valence-electron chi connectivity index (χ2n) is 7.90. The Labute approximate surface area is 247 Å². The molecule has 2 aromatic carbocycles. The number of rotatable bonds is 0. The van der Waals surface area contributed by atoms with Gasteiger partial charge in [-0.25, -0.2) is 0 Å². The highest BCUT2D eigenvalue weighted by Crippen LogP contribution is 2.21. The number of benzene rings is 2. The SMILES string of the molecule is C.C.C.C.CC.CC#Cc1cc(C#CC)c(C)c(C)c1C.CC#Cc1cc(C#CC)c(C)c(C)c1C.CCC. The summed E-state index contributed by atoms with van der Waals surface area (Å²) in [4.78, 5) is 0. The van der Waals surface area contributed by atoms with Crippen molar-refractivity contribution in [1.82, 2.24) is 0 Å². The fourth-order valence-electron chi connectivity index (χ4n) is 3.15. The summed E-state index contributed by atoms with van der Waals surface area (Å²) in [5.41, 5.74) is 12.0. The van der Waals surface area contributed by atoms with Crippen LogP contribution in [0.15, 0.2) is 12.1 Å². The Morgan fingerprint density at radius 1 is 0.410 bits per heavy atom. The largest absolute Gasteiger partial charge is 0.101 e. The molecular weight excluding hydrogens is 468 g/mol. The van der Waals surface area contributed by atoms with E-state index in [-0.39, 0.29) is 29.7 Å². The molecule has 0 saturated heterocycles. The summed E-state index contributed by atoms with van der Waals surface area (Å²) >= 11 is 0. The van der Waals surface area contributed by atoms with Gasteiger partial charge in [0.15, 0.2) is 0 Å². The van der Waals surface area contributed by atoms with Gasteiger partial charge in [0.05, 0.1) is 0 Å². The monoisotopic (exact) mass is 530 g/mol. The molecule has 2 rings (SSSR count). The van der Waals surface area contributed by atoms with Crippen molar-refractivity contribution < 1.29 is 0 Å². The molecule has 0 nitrogen and oxygen atoms in total. The molecule has 218 valence electrons. The van der Waals surface area contributed by atoms with Gasteiger partial charge in [0.1, 0.15) is 0 Å². The number of hydrogen-bond acceptors (Lipinski definition) is 0. The van der Waals surface area contributed by atoms with Gasteiger partial charge in [0.25, 0.3) is 0 Å². The summed E-state index contributed by atoms with van der Waals surface area (Å²) in [5.74, 6) is 24.3. The van der Waals surface area contributed by atoms with E-state index in [0.717, 1.165) is 22.3 Å². The quantitative estimate of drug-likeness (QED) is 0.297. The molecule has 2 aromatic rings. The Morgan fingerprint density at radius 3 is 0.692 bits per heavy atom. The molecule has 39 heavy (non-hydrogen) atoms. The third-order valence-electron chi connectivity index (χ3n) is 5.48. The Morgan fingerprint density at radius 2 is 0.564 bits per heavy atom. The maximum Gasteiger partial charge on any atom is 0.0289 e. The zero-order valence-electron chi connectivity index (χ0n) is 24.9. The lowest BCUT2D eigenvalue weighted by atomic mass is 9.94. The first kappa shape index (κ1) is 48.7. The van der Waals surface area contributed by atoms with Gasteiger partial charge in [-0.2, -0.15) is 0 Å². The van der Waals surface area contributed by atoms with Gasteiger partial charge in [-0.3, -0.25) is 0 Å². The first-order valence-corrected chi connectivity index (χ1v) is 12.6. The average Bonchev–Trinajstić information content (AvgIpc) is 2.85. The van der Waals surface area contributed by atoms with Crippen LogP contribution in [0.4, 0.5) is 0 Å². The number of hydrogen-bond donors (Lipinski definition) is 0. The summed E-state index contributed by atoms with van der Waals surface area (Å²) < 4.78 is 0. The second-order valence-corrected chi connectivity index (χ2v) is 7.90. The van der Waals surface area contributed by atoms with Crippen molar-refractivity contribution in [3.8, 4) is 47.4 Å². The second kappa shape index (κ2) is 27.7. The van der Waals surface area contributed by atoms with E-state index in [4.69, 9.17) is 0 Å². The van der Waals surface area contributed by atoms with Crippen molar-refractivity contribution in [2.24, 2.45) is 0 Å². The minimum absolute atomic E-state index is 0. The van der Waals surface area contributed by atoms with E-state index in [1.54, 1.807) is 0 Å². The van der Waals surface area contributed by atoms with Gasteiger partial charge >= 0.3 is 0 Å². The van der Waals surface area contributed by atoms with Gasteiger partial charge in [0.2, 0.25) is 0 Å². The fraction of sp³-hybridized carbons (Fsp3) is 0.487. The summed E-state index contributed by atoms with van der Waals surface area (Å²) in [6.45, 7) is 28.4. The molecule has 0 aliphatic carbocycles. The molecule has 0 aliphatic rings. The molecule has 0 saturated carbocycles. The maximum absolute atomic E-state index is 3.12. The Kier molecular flexibility index (Phi) is 34.6.